The van der Waals surface area contributed by atoms with Crippen molar-refractivity contribution in [1.82, 2.24) is 5.32 Å². The van der Waals surface area contributed by atoms with E-state index in [4.69, 9.17) is 0 Å². The number of aliphatic hydroxyl groups excluding tert-OH is 1. The highest BCUT2D eigenvalue weighted by molar-refractivity contribution is 9.10. The molecule has 7 nitrogen and oxygen atoms in total. The highest BCUT2D eigenvalue weighted by Gasteiger charge is 2.28. The standard InChI is InChI=1S/C11H12BrN3O4/c12-8-3-6(15(18)19)1-2-9(8)14-11(17)10-4-7(16)5-13-10/h1-3,7,10,13,16H,4-5H2,(H,14,17). The van der Waals surface area contributed by atoms with Gasteiger partial charge >= 0.3 is 0 Å². The van der Waals surface area contributed by atoms with E-state index in [0.29, 0.717) is 23.1 Å². The molecule has 1 aromatic carbocycles. The fraction of sp³-hybridized carbons (Fsp3) is 0.364. The van der Waals surface area contributed by atoms with Crippen LogP contribution in [-0.2, 0) is 4.79 Å². The summed E-state index contributed by atoms with van der Waals surface area (Å²) in [4.78, 5) is 22.0. The number of halogens is 1. The largest absolute Gasteiger partial charge is 0.392 e. The molecule has 8 heteroatoms. The van der Waals surface area contributed by atoms with E-state index in [9.17, 15) is 20.0 Å². The fourth-order valence-corrected chi connectivity index (χ4v) is 2.32. The summed E-state index contributed by atoms with van der Waals surface area (Å²) in [5.74, 6) is -0.272. The predicted molar refractivity (Wildman–Crippen MR) is 71.8 cm³/mol. The second-order valence-electron chi connectivity index (χ2n) is 4.26. The number of aliphatic hydroxyl groups is 1. The second-order valence-corrected chi connectivity index (χ2v) is 5.12. The van der Waals surface area contributed by atoms with Crippen molar-refractivity contribution in [3.63, 3.8) is 0 Å². The summed E-state index contributed by atoms with van der Waals surface area (Å²) in [5, 5.41) is 25.5. The van der Waals surface area contributed by atoms with E-state index < -0.39 is 17.1 Å². The third kappa shape index (κ3) is 3.28. The number of carbonyl (C=O) groups is 1. The Bertz CT molecular complexity index is 523. The number of carbonyl (C=O) groups excluding carboxylic acids is 1. The summed E-state index contributed by atoms with van der Waals surface area (Å²) < 4.78 is 0.439. The van der Waals surface area contributed by atoms with Crippen molar-refractivity contribution in [1.29, 1.82) is 0 Å². The third-order valence-electron chi connectivity index (χ3n) is 2.85. The summed E-state index contributed by atoms with van der Waals surface area (Å²) in [6, 6.07) is 3.66. The third-order valence-corrected chi connectivity index (χ3v) is 3.50. The quantitative estimate of drug-likeness (QED) is 0.567. The maximum absolute atomic E-state index is 11.9. The van der Waals surface area contributed by atoms with E-state index in [0.717, 1.165) is 0 Å². The van der Waals surface area contributed by atoms with Crippen LogP contribution in [0.15, 0.2) is 22.7 Å². The Balaban J connectivity index is 2.07. The number of hydrogen-bond donors (Lipinski definition) is 3. The molecule has 19 heavy (non-hydrogen) atoms. The fourth-order valence-electron chi connectivity index (χ4n) is 1.86. The molecule has 0 aromatic heterocycles. The average molecular weight is 330 g/mol. The van der Waals surface area contributed by atoms with Gasteiger partial charge in [0.05, 0.1) is 22.8 Å². The smallest absolute Gasteiger partial charge is 0.270 e. The lowest BCUT2D eigenvalue weighted by molar-refractivity contribution is -0.384. The van der Waals surface area contributed by atoms with Crippen LogP contribution in [-0.4, -0.2) is 34.6 Å². The molecule has 0 radical (unpaired) electrons. The number of hydrogen-bond acceptors (Lipinski definition) is 5. The maximum Gasteiger partial charge on any atom is 0.270 e. The minimum atomic E-state index is -0.518. The van der Waals surface area contributed by atoms with E-state index in [1.807, 2.05) is 0 Å². The van der Waals surface area contributed by atoms with Crippen LogP contribution in [0.3, 0.4) is 0 Å². The van der Waals surface area contributed by atoms with Crippen LogP contribution in [0.2, 0.25) is 0 Å². The van der Waals surface area contributed by atoms with Crippen LogP contribution in [0.4, 0.5) is 11.4 Å². The minimum absolute atomic E-state index is 0.0562. The van der Waals surface area contributed by atoms with E-state index in [-0.39, 0.29) is 11.6 Å². The van der Waals surface area contributed by atoms with E-state index >= 15 is 0 Å². The Labute approximate surface area is 117 Å². The van der Waals surface area contributed by atoms with E-state index in [1.54, 1.807) is 0 Å². The molecule has 1 saturated heterocycles. The first-order valence-corrected chi connectivity index (χ1v) is 6.43. The molecule has 1 aromatic rings. The molecular formula is C11H12BrN3O4. The van der Waals surface area contributed by atoms with Crippen LogP contribution in [0.25, 0.3) is 0 Å². The lowest BCUT2D eigenvalue weighted by Gasteiger charge is -2.12. The SMILES string of the molecule is O=C(Nc1ccc([N+](=O)[O-])cc1Br)C1CC(O)CN1. The van der Waals surface area contributed by atoms with E-state index in [2.05, 4.69) is 26.6 Å². The summed E-state index contributed by atoms with van der Waals surface area (Å²) in [6.07, 6.45) is -0.160. The van der Waals surface area contributed by atoms with E-state index in [1.165, 1.54) is 18.2 Å². The molecule has 2 rings (SSSR count). The molecule has 1 heterocycles. The van der Waals surface area contributed by atoms with Crippen molar-refractivity contribution < 1.29 is 14.8 Å². The first kappa shape index (κ1) is 13.9. The average Bonchev–Trinajstić information content (AvgIpc) is 2.78. The number of nitrogens with zero attached hydrogens (tertiary/aromatic N) is 1. The second kappa shape index (κ2) is 5.64. The number of rotatable bonds is 3. The van der Waals surface area contributed by atoms with Gasteiger partial charge in [0, 0.05) is 23.2 Å². The summed E-state index contributed by atoms with van der Waals surface area (Å²) >= 11 is 3.18. The molecule has 1 aliphatic heterocycles. The van der Waals surface area contributed by atoms with Gasteiger partial charge in [-0.25, -0.2) is 0 Å². The Kier molecular flexibility index (Phi) is 4.13. The molecule has 3 N–H and O–H groups in total. The number of amides is 1. The van der Waals surface area contributed by atoms with Gasteiger partial charge in [0.1, 0.15) is 0 Å². The van der Waals surface area contributed by atoms with Gasteiger partial charge in [0.25, 0.3) is 5.69 Å². The van der Waals surface area contributed by atoms with Crippen LogP contribution in [0.5, 0.6) is 0 Å². The summed E-state index contributed by atoms with van der Waals surface area (Å²) in [7, 11) is 0. The Hall–Kier alpha value is -1.51. The Morgan fingerprint density at radius 3 is 2.84 bits per heavy atom. The number of benzene rings is 1. The van der Waals surface area contributed by atoms with Crippen molar-refractivity contribution in [3.05, 3.63) is 32.8 Å². The number of nitro groups is 1. The minimum Gasteiger partial charge on any atom is -0.392 e. The van der Waals surface area contributed by atoms with Crippen LogP contribution < -0.4 is 10.6 Å². The molecule has 0 aliphatic carbocycles. The van der Waals surface area contributed by atoms with Gasteiger partial charge in [-0.2, -0.15) is 0 Å². The molecule has 1 fully saturated rings. The first-order chi connectivity index (χ1) is 8.97. The zero-order valence-electron chi connectivity index (χ0n) is 9.80. The monoisotopic (exact) mass is 329 g/mol. The van der Waals surface area contributed by atoms with Gasteiger partial charge in [-0.05, 0) is 28.4 Å². The molecular weight excluding hydrogens is 318 g/mol. The van der Waals surface area contributed by atoms with Gasteiger partial charge in [0.2, 0.25) is 5.91 Å². The highest BCUT2D eigenvalue weighted by Crippen LogP contribution is 2.27. The van der Waals surface area contributed by atoms with Crippen molar-refractivity contribution >= 4 is 33.2 Å². The topological polar surface area (TPSA) is 104 Å². The number of anilines is 1. The zero-order valence-corrected chi connectivity index (χ0v) is 11.4. The predicted octanol–water partition coefficient (Wildman–Crippen LogP) is 1.02. The van der Waals surface area contributed by atoms with Gasteiger partial charge in [-0.3, -0.25) is 14.9 Å². The van der Waals surface area contributed by atoms with Crippen LogP contribution >= 0.6 is 15.9 Å². The molecule has 1 aliphatic rings. The number of nitrogens with one attached hydrogen (secondary N) is 2. The van der Waals surface area contributed by atoms with Crippen LogP contribution in [0, 0.1) is 10.1 Å². The summed E-state index contributed by atoms with van der Waals surface area (Å²) in [5.41, 5.74) is 0.401. The Morgan fingerprint density at radius 2 is 2.32 bits per heavy atom. The molecule has 1 amide bonds. The molecule has 0 spiro atoms. The number of non-ortho nitro benzene ring substituents is 1. The molecule has 0 bridgehead atoms. The Morgan fingerprint density at radius 1 is 1.58 bits per heavy atom. The van der Waals surface area contributed by atoms with Gasteiger partial charge in [0.15, 0.2) is 0 Å². The van der Waals surface area contributed by atoms with Crippen molar-refractivity contribution in [2.24, 2.45) is 0 Å². The van der Waals surface area contributed by atoms with Gasteiger partial charge < -0.3 is 15.7 Å². The maximum atomic E-state index is 11.9. The molecule has 102 valence electrons. The van der Waals surface area contributed by atoms with Gasteiger partial charge in [-0.1, -0.05) is 0 Å². The van der Waals surface area contributed by atoms with Crippen molar-refractivity contribution in [2.75, 3.05) is 11.9 Å². The van der Waals surface area contributed by atoms with Crippen LogP contribution in [0.1, 0.15) is 6.42 Å². The normalized spacial score (nSPS) is 22.2. The molecule has 2 unspecified atom stereocenters. The zero-order chi connectivity index (χ0) is 14.0. The van der Waals surface area contributed by atoms with Crippen molar-refractivity contribution in [2.45, 2.75) is 18.6 Å². The highest BCUT2D eigenvalue weighted by atomic mass is 79.9. The first-order valence-electron chi connectivity index (χ1n) is 5.63. The lowest BCUT2D eigenvalue weighted by Crippen LogP contribution is -2.35. The lowest BCUT2D eigenvalue weighted by atomic mass is 10.2. The number of nitro benzene ring substituents is 1. The van der Waals surface area contributed by atoms with Gasteiger partial charge in [-0.15, -0.1) is 0 Å². The molecule has 0 saturated carbocycles. The van der Waals surface area contributed by atoms with Crippen molar-refractivity contribution in [3.8, 4) is 0 Å². The number of β-amino-alcohol motifs (C(OH)–C–C–N with tert-alkyl or cyclic N) is 1. The molecule has 2 atom stereocenters. The summed E-state index contributed by atoms with van der Waals surface area (Å²) in [6.45, 7) is 0.388.